The molecule has 1 aromatic carbocycles. The summed E-state index contributed by atoms with van der Waals surface area (Å²) < 4.78 is 13.0. The molecule has 0 bridgehead atoms. The molecule has 0 atom stereocenters. The third-order valence-electron chi connectivity index (χ3n) is 2.41. The Morgan fingerprint density at radius 2 is 2.11 bits per heavy atom. The number of benzene rings is 1. The van der Waals surface area contributed by atoms with Crippen LogP contribution >= 0.6 is 0 Å². The van der Waals surface area contributed by atoms with Crippen molar-refractivity contribution in [3.05, 3.63) is 53.5 Å². The fraction of sp³-hybridized carbons (Fsp3) is 0.0769. The van der Waals surface area contributed by atoms with Gasteiger partial charge in [-0.2, -0.15) is 0 Å². The Hall–Kier alpha value is -2.43. The summed E-state index contributed by atoms with van der Waals surface area (Å²) in [7, 11) is 0. The summed E-state index contributed by atoms with van der Waals surface area (Å²) in [5.41, 5.74) is 1.12. The van der Waals surface area contributed by atoms with Gasteiger partial charge in [0.1, 0.15) is 11.6 Å². The standard InChI is InChI=1S/C13H11FN2O2/c1-8-11(13(17)18)5-6-12(15-8)16-10-4-2-3-9(14)7-10/h2-7H,1H3,(H,15,16)(H,17,18). The summed E-state index contributed by atoms with van der Waals surface area (Å²) in [6, 6.07) is 8.97. The minimum absolute atomic E-state index is 0.153. The fourth-order valence-corrected chi connectivity index (χ4v) is 1.57. The van der Waals surface area contributed by atoms with Gasteiger partial charge in [0.2, 0.25) is 0 Å². The zero-order valence-corrected chi connectivity index (χ0v) is 9.64. The highest BCUT2D eigenvalue weighted by molar-refractivity contribution is 5.89. The molecule has 2 N–H and O–H groups in total. The predicted octanol–water partition coefficient (Wildman–Crippen LogP) is 2.97. The number of carboxylic acid groups (broad SMARTS) is 1. The molecule has 5 heteroatoms. The third kappa shape index (κ3) is 2.63. The number of aromatic carboxylic acids is 1. The van der Waals surface area contributed by atoms with Crippen LogP contribution in [-0.4, -0.2) is 16.1 Å². The Balaban J connectivity index is 2.25. The van der Waals surface area contributed by atoms with Gasteiger partial charge in [-0.1, -0.05) is 6.07 Å². The second-order valence-corrected chi connectivity index (χ2v) is 3.77. The van der Waals surface area contributed by atoms with Crippen LogP contribution in [0.1, 0.15) is 16.1 Å². The van der Waals surface area contributed by atoms with Crippen LogP contribution < -0.4 is 5.32 Å². The van der Waals surface area contributed by atoms with E-state index < -0.39 is 5.97 Å². The van der Waals surface area contributed by atoms with E-state index in [1.165, 1.54) is 18.2 Å². The molecule has 18 heavy (non-hydrogen) atoms. The number of hydrogen-bond donors (Lipinski definition) is 2. The SMILES string of the molecule is Cc1nc(Nc2cccc(F)c2)ccc1C(=O)O. The van der Waals surface area contributed by atoms with Crippen molar-refractivity contribution in [1.82, 2.24) is 4.98 Å². The van der Waals surface area contributed by atoms with Gasteiger partial charge in [-0.25, -0.2) is 14.2 Å². The number of aromatic nitrogens is 1. The van der Waals surface area contributed by atoms with Gasteiger partial charge in [0.25, 0.3) is 0 Å². The molecule has 0 aliphatic heterocycles. The first-order chi connectivity index (χ1) is 8.56. The van der Waals surface area contributed by atoms with Crippen molar-refractivity contribution < 1.29 is 14.3 Å². The predicted molar refractivity (Wildman–Crippen MR) is 65.6 cm³/mol. The largest absolute Gasteiger partial charge is 0.478 e. The number of carboxylic acids is 1. The highest BCUT2D eigenvalue weighted by Gasteiger charge is 2.08. The normalized spacial score (nSPS) is 10.1. The minimum atomic E-state index is -1.02. The lowest BCUT2D eigenvalue weighted by Crippen LogP contribution is -2.03. The van der Waals surface area contributed by atoms with E-state index in [4.69, 9.17) is 5.11 Å². The van der Waals surface area contributed by atoms with Crippen LogP contribution in [0.2, 0.25) is 0 Å². The first kappa shape index (κ1) is 12.0. The Labute approximate surface area is 103 Å². The molecule has 2 aromatic rings. The van der Waals surface area contributed by atoms with E-state index in [1.807, 2.05) is 0 Å². The average Bonchev–Trinajstić information content (AvgIpc) is 2.28. The topological polar surface area (TPSA) is 62.2 Å². The number of carbonyl (C=O) groups is 1. The van der Waals surface area contributed by atoms with Crippen LogP contribution in [-0.2, 0) is 0 Å². The molecule has 0 unspecified atom stereocenters. The maximum absolute atomic E-state index is 13.0. The first-order valence-corrected chi connectivity index (χ1v) is 5.30. The molecule has 2 rings (SSSR count). The van der Waals surface area contributed by atoms with Crippen molar-refractivity contribution >= 4 is 17.5 Å². The number of hydrogen-bond acceptors (Lipinski definition) is 3. The van der Waals surface area contributed by atoms with Gasteiger partial charge in [0, 0.05) is 5.69 Å². The zero-order valence-electron chi connectivity index (χ0n) is 9.64. The molecule has 1 aromatic heterocycles. The number of anilines is 2. The minimum Gasteiger partial charge on any atom is -0.478 e. The van der Waals surface area contributed by atoms with Crippen LogP contribution in [0.4, 0.5) is 15.9 Å². The lowest BCUT2D eigenvalue weighted by atomic mass is 10.2. The maximum Gasteiger partial charge on any atom is 0.337 e. The van der Waals surface area contributed by atoms with E-state index in [9.17, 15) is 9.18 Å². The smallest absolute Gasteiger partial charge is 0.337 e. The molecule has 0 saturated carbocycles. The molecule has 0 amide bonds. The van der Waals surface area contributed by atoms with Crippen LogP contribution in [0, 0.1) is 12.7 Å². The lowest BCUT2D eigenvalue weighted by molar-refractivity contribution is 0.0695. The second-order valence-electron chi connectivity index (χ2n) is 3.77. The first-order valence-electron chi connectivity index (χ1n) is 5.30. The van der Waals surface area contributed by atoms with Gasteiger partial charge < -0.3 is 10.4 Å². The van der Waals surface area contributed by atoms with Gasteiger partial charge in [0.05, 0.1) is 11.3 Å². The average molecular weight is 246 g/mol. The van der Waals surface area contributed by atoms with Crippen LogP contribution in [0.3, 0.4) is 0 Å². The molecule has 0 saturated heterocycles. The number of halogens is 1. The summed E-state index contributed by atoms with van der Waals surface area (Å²) >= 11 is 0. The number of pyridine rings is 1. The molecular weight excluding hydrogens is 235 g/mol. The monoisotopic (exact) mass is 246 g/mol. The van der Waals surface area contributed by atoms with Crippen molar-refractivity contribution in [2.45, 2.75) is 6.92 Å². The van der Waals surface area contributed by atoms with Crippen molar-refractivity contribution in [2.24, 2.45) is 0 Å². The Morgan fingerprint density at radius 1 is 1.33 bits per heavy atom. The summed E-state index contributed by atoms with van der Waals surface area (Å²) in [6.07, 6.45) is 0. The molecule has 1 heterocycles. The van der Waals surface area contributed by atoms with E-state index in [2.05, 4.69) is 10.3 Å². The van der Waals surface area contributed by atoms with Crippen LogP contribution in [0.15, 0.2) is 36.4 Å². The highest BCUT2D eigenvalue weighted by Crippen LogP contribution is 2.17. The van der Waals surface area contributed by atoms with Crippen LogP contribution in [0.5, 0.6) is 0 Å². The van der Waals surface area contributed by atoms with Crippen molar-refractivity contribution in [3.8, 4) is 0 Å². The number of aryl methyl sites for hydroxylation is 1. The molecular formula is C13H11FN2O2. The van der Waals surface area contributed by atoms with E-state index in [-0.39, 0.29) is 11.4 Å². The van der Waals surface area contributed by atoms with E-state index in [1.54, 1.807) is 25.1 Å². The molecule has 0 spiro atoms. The van der Waals surface area contributed by atoms with E-state index in [0.29, 0.717) is 17.2 Å². The highest BCUT2D eigenvalue weighted by atomic mass is 19.1. The molecule has 0 aliphatic rings. The molecule has 0 radical (unpaired) electrons. The van der Waals surface area contributed by atoms with E-state index >= 15 is 0 Å². The third-order valence-corrected chi connectivity index (χ3v) is 2.41. The Kier molecular flexibility index (Phi) is 3.23. The van der Waals surface area contributed by atoms with Gasteiger partial charge >= 0.3 is 5.97 Å². The fourth-order valence-electron chi connectivity index (χ4n) is 1.57. The number of rotatable bonds is 3. The van der Waals surface area contributed by atoms with E-state index in [0.717, 1.165) is 0 Å². The number of nitrogens with zero attached hydrogens (tertiary/aromatic N) is 1. The molecule has 0 aliphatic carbocycles. The zero-order chi connectivity index (χ0) is 13.1. The molecule has 4 nitrogen and oxygen atoms in total. The van der Waals surface area contributed by atoms with Crippen LogP contribution in [0.25, 0.3) is 0 Å². The summed E-state index contributed by atoms with van der Waals surface area (Å²) in [4.78, 5) is 14.9. The summed E-state index contributed by atoms with van der Waals surface area (Å²) in [5, 5.41) is 11.8. The van der Waals surface area contributed by atoms with Gasteiger partial charge in [-0.05, 0) is 37.3 Å². The van der Waals surface area contributed by atoms with Gasteiger partial charge in [0.15, 0.2) is 0 Å². The summed E-state index contributed by atoms with van der Waals surface area (Å²) in [6.45, 7) is 1.61. The Morgan fingerprint density at radius 3 is 2.72 bits per heavy atom. The quantitative estimate of drug-likeness (QED) is 0.874. The molecule has 92 valence electrons. The lowest BCUT2D eigenvalue weighted by Gasteiger charge is -2.07. The van der Waals surface area contributed by atoms with Crippen molar-refractivity contribution in [1.29, 1.82) is 0 Å². The van der Waals surface area contributed by atoms with Crippen molar-refractivity contribution in [3.63, 3.8) is 0 Å². The molecule has 0 fully saturated rings. The summed E-state index contributed by atoms with van der Waals surface area (Å²) in [5.74, 6) is -0.890. The van der Waals surface area contributed by atoms with Crippen molar-refractivity contribution in [2.75, 3.05) is 5.32 Å². The van der Waals surface area contributed by atoms with Gasteiger partial charge in [-0.15, -0.1) is 0 Å². The second kappa shape index (κ2) is 4.83. The maximum atomic E-state index is 13.0. The Bertz CT molecular complexity index is 599. The van der Waals surface area contributed by atoms with Gasteiger partial charge in [-0.3, -0.25) is 0 Å². The number of nitrogens with one attached hydrogen (secondary N) is 1.